The first-order chi connectivity index (χ1) is 15.3. The van der Waals surface area contributed by atoms with Crippen molar-refractivity contribution in [3.8, 4) is 0 Å². The van der Waals surface area contributed by atoms with E-state index >= 15 is 0 Å². The Kier molecular flexibility index (Phi) is 7.13. The smallest absolute Gasteiger partial charge is 0.340 e. The van der Waals surface area contributed by atoms with Crippen molar-refractivity contribution in [3.63, 3.8) is 0 Å². The fourth-order valence-electron chi connectivity index (χ4n) is 4.48. The normalized spacial score (nSPS) is 24.8. The monoisotopic (exact) mass is 491 g/mol. The van der Waals surface area contributed by atoms with Gasteiger partial charge in [-0.1, -0.05) is 13.0 Å². The molecule has 1 amide bonds. The van der Waals surface area contributed by atoms with Gasteiger partial charge in [-0.2, -0.15) is 17.5 Å². The standard InChI is InChI=1S/C20H24F3N3O6S/c1-13-9-18(27)16(17(13)12-26(29)30)11-19(28)24-5-7-25(8-6-24)33(31,32)15-4-2-3-14(10-15)20(21,22)23/h2-4,10,13,16-17H,5-9,11-12H2,1H3/t13-,16-,17-/m1/s1. The van der Waals surface area contributed by atoms with Gasteiger partial charge in [0.25, 0.3) is 0 Å². The van der Waals surface area contributed by atoms with Gasteiger partial charge in [0.05, 0.1) is 10.5 Å². The first-order valence-corrected chi connectivity index (χ1v) is 11.8. The van der Waals surface area contributed by atoms with Crippen molar-refractivity contribution < 1.29 is 36.1 Å². The molecule has 0 radical (unpaired) electrons. The lowest BCUT2D eigenvalue weighted by atomic mass is 9.87. The molecule has 1 aliphatic carbocycles. The molecule has 2 aliphatic rings. The van der Waals surface area contributed by atoms with Gasteiger partial charge in [0.2, 0.25) is 22.5 Å². The molecular formula is C20H24F3N3O6S. The molecule has 1 saturated carbocycles. The summed E-state index contributed by atoms with van der Waals surface area (Å²) >= 11 is 0. The molecule has 1 saturated heterocycles. The van der Waals surface area contributed by atoms with Gasteiger partial charge in [-0.25, -0.2) is 8.42 Å². The van der Waals surface area contributed by atoms with E-state index in [1.54, 1.807) is 6.92 Å². The number of benzene rings is 1. The van der Waals surface area contributed by atoms with Crippen LogP contribution in [0.4, 0.5) is 13.2 Å². The van der Waals surface area contributed by atoms with Crippen molar-refractivity contribution in [2.24, 2.45) is 17.8 Å². The van der Waals surface area contributed by atoms with Crippen molar-refractivity contribution in [1.82, 2.24) is 9.21 Å². The Bertz CT molecular complexity index is 1040. The number of alkyl halides is 3. The average Bonchev–Trinajstić information content (AvgIpc) is 2.99. The predicted octanol–water partition coefficient (Wildman–Crippen LogP) is 2.05. The van der Waals surface area contributed by atoms with Crippen LogP contribution < -0.4 is 0 Å². The number of nitro groups is 1. The number of amides is 1. The molecule has 1 aliphatic heterocycles. The molecule has 0 aromatic heterocycles. The Morgan fingerprint density at radius 3 is 2.42 bits per heavy atom. The highest BCUT2D eigenvalue weighted by molar-refractivity contribution is 7.89. The van der Waals surface area contributed by atoms with Crippen molar-refractivity contribution in [2.75, 3.05) is 32.7 Å². The zero-order chi connectivity index (χ0) is 24.6. The average molecular weight is 491 g/mol. The molecular weight excluding hydrogens is 467 g/mol. The summed E-state index contributed by atoms with van der Waals surface area (Å²) in [5.41, 5.74) is -1.07. The Morgan fingerprint density at radius 2 is 1.85 bits per heavy atom. The molecule has 1 aromatic carbocycles. The van der Waals surface area contributed by atoms with Gasteiger partial charge >= 0.3 is 6.18 Å². The maximum Gasteiger partial charge on any atom is 0.416 e. The summed E-state index contributed by atoms with van der Waals surface area (Å²) in [6.07, 6.45) is -4.68. The van der Waals surface area contributed by atoms with Gasteiger partial charge in [0.15, 0.2) is 0 Å². The van der Waals surface area contributed by atoms with Gasteiger partial charge in [0, 0.05) is 55.8 Å². The molecule has 33 heavy (non-hydrogen) atoms. The van der Waals surface area contributed by atoms with Crippen molar-refractivity contribution in [3.05, 3.63) is 39.9 Å². The van der Waals surface area contributed by atoms with Crippen molar-refractivity contribution in [2.45, 2.75) is 30.8 Å². The highest BCUT2D eigenvalue weighted by atomic mass is 32.2. The fraction of sp³-hybridized carbons (Fsp3) is 0.600. The first-order valence-electron chi connectivity index (χ1n) is 10.4. The van der Waals surface area contributed by atoms with E-state index in [-0.39, 0.29) is 50.7 Å². The number of Topliss-reactive ketones (excluding diaryl/α,β-unsaturated/α-hetero) is 1. The van der Waals surface area contributed by atoms with Crippen LogP contribution in [0.2, 0.25) is 0 Å². The molecule has 0 bridgehead atoms. The van der Waals surface area contributed by atoms with Crippen LogP contribution in [-0.2, 0) is 25.8 Å². The number of nitrogens with zero attached hydrogens (tertiary/aromatic N) is 3. The third kappa shape index (κ3) is 5.52. The maximum atomic E-state index is 12.9. The number of carbonyl (C=O) groups is 2. The summed E-state index contributed by atoms with van der Waals surface area (Å²) in [6, 6.07) is 3.48. The van der Waals surface area contributed by atoms with E-state index in [9.17, 15) is 41.3 Å². The van der Waals surface area contributed by atoms with Gasteiger partial charge in [-0.05, 0) is 24.1 Å². The second kappa shape index (κ2) is 9.37. The number of halogens is 3. The minimum absolute atomic E-state index is 0.00733. The van der Waals surface area contributed by atoms with Crippen LogP contribution in [0.1, 0.15) is 25.3 Å². The summed E-state index contributed by atoms with van der Waals surface area (Å²) in [5, 5.41) is 10.9. The molecule has 182 valence electrons. The van der Waals surface area contributed by atoms with Gasteiger partial charge in [0.1, 0.15) is 5.78 Å². The van der Waals surface area contributed by atoms with Crippen LogP contribution in [0, 0.1) is 27.9 Å². The SMILES string of the molecule is C[C@@H]1CC(=O)[C@H](CC(=O)N2CCN(S(=O)(=O)c3cccc(C(F)(F)F)c3)CC2)[C@@H]1C[N+](=O)[O-]. The lowest BCUT2D eigenvalue weighted by Crippen LogP contribution is -2.51. The van der Waals surface area contributed by atoms with E-state index in [0.29, 0.717) is 6.07 Å². The third-order valence-electron chi connectivity index (χ3n) is 6.33. The van der Waals surface area contributed by atoms with E-state index in [1.165, 1.54) is 4.90 Å². The highest BCUT2D eigenvalue weighted by Gasteiger charge is 2.44. The van der Waals surface area contributed by atoms with Crippen molar-refractivity contribution in [1.29, 1.82) is 0 Å². The summed E-state index contributed by atoms with van der Waals surface area (Å²) < 4.78 is 65.4. The summed E-state index contributed by atoms with van der Waals surface area (Å²) in [5.74, 6) is -2.06. The van der Waals surface area contributed by atoms with E-state index in [1.807, 2.05) is 0 Å². The zero-order valence-corrected chi connectivity index (χ0v) is 18.6. The number of carbonyl (C=O) groups excluding carboxylic acids is 2. The minimum Gasteiger partial charge on any atom is -0.340 e. The van der Waals surface area contributed by atoms with E-state index in [2.05, 4.69) is 0 Å². The molecule has 1 heterocycles. The predicted molar refractivity (Wildman–Crippen MR) is 109 cm³/mol. The molecule has 3 atom stereocenters. The van der Waals surface area contributed by atoms with E-state index < -0.39 is 55.9 Å². The maximum absolute atomic E-state index is 12.9. The fourth-order valence-corrected chi connectivity index (χ4v) is 5.95. The van der Waals surface area contributed by atoms with Gasteiger partial charge < -0.3 is 4.90 Å². The lowest BCUT2D eigenvalue weighted by Gasteiger charge is -2.34. The molecule has 0 N–H and O–H groups in total. The van der Waals surface area contributed by atoms with E-state index in [0.717, 1.165) is 22.5 Å². The molecule has 0 spiro atoms. The number of hydrogen-bond acceptors (Lipinski definition) is 6. The number of sulfonamides is 1. The first kappa shape index (κ1) is 25.1. The molecule has 2 fully saturated rings. The molecule has 3 rings (SSSR count). The van der Waals surface area contributed by atoms with Crippen LogP contribution in [0.5, 0.6) is 0 Å². The van der Waals surface area contributed by atoms with Gasteiger partial charge in [-0.3, -0.25) is 19.7 Å². The number of piperazine rings is 1. The zero-order valence-electron chi connectivity index (χ0n) is 17.8. The van der Waals surface area contributed by atoms with Crippen LogP contribution in [0.15, 0.2) is 29.2 Å². The summed E-state index contributed by atoms with van der Waals surface area (Å²) in [6.45, 7) is 1.14. The molecule has 13 heteroatoms. The van der Waals surface area contributed by atoms with E-state index in [4.69, 9.17) is 0 Å². The third-order valence-corrected chi connectivity index (χ3v) is 8.22. The molecule has 9 nitrogen and oxygen atoms in total. The lowest BCUT2D eigenvalue weighted by molar-refractivity contribution is -0.490. The Labute approximate surface area is 188 Å². The summed E-state index contributed by atoms with van der Waals surface area (Å²) in [7, 11) is -4.19. The van der Waals surface area contributed by atoms with Crippen molar-refractivity contribution >= 4 is 21.7 Å². The summed E-state index contributed by atoms with van der Waals surface area (Å²) in [4.78, 5) is 36.4. The largest absolute Gasteiger partial charge is 0.416 e. The quantitative estimate of drug-likeness (QED) is 0.444. The van der Waals surface area contributed by atoms with Gasteiger partial charge in [-0.15, -0.1) is 0 Å². The molecule has 1 aromatic rings. The minimum atomic E-state index is -4.68. The number of ketones is 1. The number of rotatable bonds is 6. The Balaban J connectivity index is 1.64. The second-order valence-corrected chi connectivity index (χ2v) is 10.4. The highest BCUT2D eigenvalue weighted by Crippen LogP contribution is 2.37. The van der Waals surface area contributed by atoms with Crippen LogP contribution in [-0.4, -0.2) is 67.0 Å². The molecule has 0 unspecified atom stereocenters. The van der Waals surface area contributed by atoms with Crippen LogP contribution >= 0.6 is 0 Å². The van der Waals surface area contributed by atoms with Crippen LogP contribution in [0.3, 0.4) is 0 Å². The number of hydrogen-bond donors (Lipinski definition) is 0. The van der Waals surface area contributed by atoms with Crippen LogP contribution in [0.25, 0.3) is 0 Å². The Hall–Kier alpha value is -2.54. The Morgan fingerprint density at radius 1 is 1.21 bits per heavy atom. The second-order valence-electron chi connectivity index (χ2n) is 8.45. The topological polar surface area (TPSA) is 118 Å².